The molecule has 0 spiro atoms. The van der Waals surface area contributed by atoms with Gasteiger partial charge in [0.2, 0.25) is 5.91 Å². The third-order valence-electron chi connectivity index (χ3n) is 2.61. The standard InChI is InChI=1S/C13H20N2O2S/c1-7(2)11(17)15-12-9(10(14)16)8(6-18-12)13(3,4)5/h6-7H,1-5H3,(H2,14,16)(H,15,17). The summed E-state index contributed by atoms with van der Waals surface area (Å²) in [5, 5.41) is 5.19. The number of amides is 2. The molecule has 2 amide bonds. The average Bonchev–Trinajstić information content (AvgIpc) is 2.60. The SMILES string of the molecule is CC(C)C(=O)Nc1scc(C(C)(C)C)c1C(N)=O. The molecule has 0 aromatic carbocycles. The second kappa shape index (κ2) is 5.10. The largest absolute Gasteiger partial charge is 0.365 e. The molecule has 5 heteroatoms. The van der Waals surface area contributed by atoms with Crippen molar-refractivity contribution in [3.8, 4) is 0 Å². The zero-order chi connectivity index (χ0) is 14.1. The molecule has 4 nitrogen and oxygen atoms in total. The first kappa shape index (κ1) is 14.7. The van der Waals surface area contributed by atoms with E-state index in [1.807, 2.05) is 26.2 Å². The van der Waals surface area contributed by atoms with E-state index in [4.69, 9.17) is 5.73 Å². The summed E-state index contributed by atoms with van der Waals surface area (Å²) in [4.78, 5) is 23.3. The van der Waals surface area contributed by atoms with Gasteiger partial charge in [0.25, 0.3) is 5.91 Å². The van der Waals surface area contributed by atoms with Crippen LogP contribution in [0.2, 0.25) is 0 Å². The summed E-state index contributed by atoms with van der Waals surface area (Å²) >= 11 is 1.34. The predicted octanol–water partition coefficient (Wildman–Crippen LogP) is 2.74. The van der Waals surface area contributed by atoms with Crippen molar-refractivity contribution in [3.63, 3.8) is 0 Å². The highest BCUT2D eigenvalue weighted by atomic mass is 32.1. The summed E-state index contributed by atoms with van der Waals surface area (Å²) in [7, 11) is 0. The van der Waals surface area contributed by atoms with Crippen LogP contribution in [0.1, 0.15) is 50.5 Å². The Bertz CT molecular complexity index is 470. The fourth-order valence-electron chi connectivity index (χ4n) is 1.50. The van der Waals surface area contributed by atoms with E-state index in [9.17, 15) is 9.59 Å². The lowest BCUT2D eigenvalue weighted by molar-refractivity contribution is -0.118. The highest BCUT2D eigenvalue weighted by Crippen LogP contribution is 2.35. The Morgan fingerprint density at radius 2 is 1.89 bits per heavy atom. The molecule has 1 aromatic heterocycles. The number of hydrogen-bond acceptors (Lipinski definition) is 3. The van der Waals surface area contributed by atoms with Crippen molar-refractivity contribution in [1.29, 1.82) is 0 Å². The molecule has 1 rings (SSSR count). The molecular formula is C13H20N2O2S. The van der Waals surface area contributed by atoms with Crippen molar-refractivity contribution in [1.82, 2.24) is 0 Å². The maximum absolute atomic E-state index is 11.7. The van der Waals surface area contributed by atoms with E-state index in [0.717, 1.165) is 5.56 Å². The number of anilines is 1. The monoisotopic (exact) mass is 268 g/mol. The molecule has 18 heavy (non-hydrogen) atoms. The Hall–Kier alpha value is -1.36. The van der Waals surface area contributed by atoms with E-state index in [1.54, 1.807) is 13.8 Å². The smallest absolute Gasteiger partial charge is 0.252 e. The molecule has 1 heterocycles. The minimum atomic E-state index is -0.500. The van der Waals surface area contributed by atoms with Gasteiger partial charge >= 0.3 is 0 Å². The minimum absolute atomic E-state index is 0.111. The Morgan fingerprint density at radius 3 is 2.28 bits per heavy atom. The van der Waals surface area contributed by atoms with Crippen molar-refractivity contribution < 1.29 is 9.59 Å². The van der Waals surface area contributed by atoms with Crippen LogP contribution in [0.4, 0.5) is 5.00 Å². The van der Waals surface area contributed by atoms with Gasteiger partial charge in [-0.15, -0.1) is 11.3 Å². The predicted molar refractivity (Wildman–Crippen MR) is 75.0 cm³/mol. The summed E-state index contributed by atoms with van der Waals surface area (Å²) in [6.45, 7) is 9.63. The van der Waals surface area contributed by atoms with E-state index < -0.39 is 5.91 Å². The van der Waals surface area contributed by atoms with Gasteiger partial charge in [-0.05, 0) is 16.4 Å². The quantitative estimate of drug-likeness (QED) is 0.884. The lowest BCUT2D eigenvalue weighted by Crippen LogP contribution is -2.23. The maximum Gasteiger partial charge on any atom is 0.252 e. The second-order valence-corrected chi connectivity index (χ2v) is 6.49. The van der Waals surface area contributed by atoms with E-state index in [1.165, 1.54) is 11.3 Å². The van der Waals surface area contributed by atoms with Crippen LogP contribution >= 0.6 is 11.3 Å². The molecule has 0 saturated carbocycles. The van der Waals surface area contributed by atoms with Gasteiger partial charge < -0.3 is 11.1 Å². The van der Waals surface area contributed by atoms with Gasteiger partial charge in [0.1, 0.15) is 5.00 Å². The summed E-state index contributed by atoms with van der Waals surface area (Å²) in [6.07, 6.45) is 0. The van der Waals surface area contributed by atoms with Crippen LogP contribution in [0.3, 0.4) is 0 Å². The number of hydrogen-bond donors (Lipinski definition) is 2. The third kappa shape index (κ3) is 3.10. The minimum Gasteiger partial charge on any atom is -0.365 e. The fraction of sp³-hybridized carbons (Fsp3) is 0.538. The first-order chi connectivity index (χ1) is 8.14. The van der Waals surface area contributed by atoms with Crippen LogP contribution in [0, 0.1) is 5.92 Å². The van der Waals surface area contributed by atoms with Gasteiger partial charge in [-0.2, -0.15) is 0 Å². The molecule has 1 aromatic rings. The number of thiophene rings is 1. The lowest BCUT2D eigenvalue weighted by atomic mass is 9.86. The molecule has 100 valence electrons. The van der Waals surface area contributed by atoms with E-state index in [0.29, 0.717) is 10.6 Å². The van der Waals surface area contributed by atoms with Gasteiger partial charge in [0, 0.05) is 5.92 Å². The lowest BCUT2D eigenvalue weighted by Gasteiger charge is -2.19. The van der Waals surface area contributed by atoms with Crippen molar-refractivity contribution >= 4 is 28.2 Å². The van der Waals surface area contributed by atoms with Crippen LogP contribution in [0.25, 0.3) is 0 Å². The van der Waals surface area contributed by atoms with Crippen LogP contribution in [-0.4, -0.2) is 11.8 Å². The zero-order valence-electron chi connectivity index (χ0n) is 11.5. The van der Waals surface area contributed by atoms with E-state index >= 15 is 0 Å². The van der Waals surface area contributed by atoms with E-state index in [2.05, 4.69) is 5.32 Å². The van der Waals surface area contributed by atoms with Gasteiger partial charge in [-0.25, -0.2) is 0 Å². The Labute approximate surface area is 112 Å². The molecule has 0 atom stereocenters. The molecule has 0 unspecified atom stereocenters. The zero-order valence-corrected chi connectivity index (χ0v) is 12.3. The van der Waals surface area contributed by atoms with Crippen molar-refractivity contribution in [2.24, 2.45) is 11.7 Å². The van der Waals surface area contributed by atoms with Crippen molar-refractivity contribution in [2.45, 2.75) is 40.0 Å². The summed E-state index contributed by atoms with van der Waals surface area (Å²) in [6, 6.07) is 0. The Balaban J connectivity index is 3.19. The summed E-state index contributed by atoms with van der Waals surface area (Å²) in [5.41, 5.74) is 6.55. The van der Waals surface area contributed by atoms with Crippen LogP contribution in [0.15, 0.2) is 5.38 Å². The van der Waals surface area contributed by atoms with Gasteiger partial charge in [0.15, 0.2) is 0 Å². The van der Waals surface area contributed by atoms with Crippen LogP contribution in [-0.2, 0) is 10.2 Å². The van der Waals surface area contributed by atoms with Crippen molar-refractivity contribution in [2.75, 3.05) is 5.32 Å². The van der Waals surface area contributed by atoms with Gasteiger partial charge in [0.05, 0.1) is 5.56 Å². The van der Waals surface area contributed by atoms with Crippen molar-refractivity contribution in [3.05, 3.63) is 16.5 Å². The molecule has 0 radical (unpaired) electrons. The number of carbonyl (C=O) groups excluding carboxylic acids is 2. The van der Waals surface area contributed by atoms with Crippen LogP contribution in [0.5, 0.6) is 0 Å². The molecular weight excluding hydrogens is 248 g/mol. The number of carbonyl (C=O) groups is 2. The number of primary amides is 1. The molecule has 0 aliphatic rings. The Kier molecular flexibility index (Phi) is 4.16. The normalized spacial score (nSPS) is 11.7. The molecule has 0 fully saturated rings. The fourth-order valence-corrected chi connectivity index (χ4v) is 2.70. The highest BCUT2D eigenvalue weighted by molar-refractivity contribution is 7.15. The Morgan fingerprint density at radius 1 is 1.33 bits per heavy atom. The molecule has 0 saturated heterocycles. The summed E-state index contributed by atoms with van der Waals surface area (Å²) in [5.74, 6) is -0.744. The third-order valence-corrected chi connectivity index (χ3v) is 3.50. The maximum atomic E-state index is 11.7. The van der Waals surface area contributed by atoms with Gasteiger partial charge in [-0.1, -0.05) is 34.6 Å². The molecule has 3 N–H and O–H groups in total. The number of rotatable bonds is 3. The second-order valence-electron chi connectivity index (χ2n) is 5.61. The molecule has 0 aliphatic carbocycles. The highest BCUT2D eigenvalue weighted by Gasteiger charge is 2.26. The van der Waals surface area contributed by atoms with Gasteiger partial charge in [-0.3, -0.25) is 9.59 Å². The number of nitrogens with two attached hydrogens (primary N) is 1. The van der Waals surface area contributed by atoms with E-state index in [-0.39, 0.29) is 17.2 Å². The molecule has 0 aliphatic heterocycles. The first-order valence-electron chi connectivity index (χ1n) is 5.87. The number of nitrogens with one attached hydrogen (secondary N) is 1. The topological polar surface area (TPSA) is 72.2 Å². The first-order valence-corrected chi connectivity index (χ1v) is 6.75. The van der Waals surface area contributed by atoms with Crippen LogP contribution < -0.4 is 11.1 Å². The average molecular weight is 268 g/mol. The summed E-state index contributed by atoms with van der Waals surface area (Å²) < 4.78 is 0. The molecule has 0 bridgehead atoms.